The van der Waals surface area contributed by atoms with E-state index in [0.29, 0.717) is 12.5 Å². The van der Waals surface area contributed by atoms with Crippen LogP contribution in [-0.4, -0.2) is 23.1 Å². The van der Waals surface area contributed by atoms with Crippen LogP contribution in [-0.2, 0) is 0 Å². The van der Waals surface area contributed by atoms with Crippen LogP contribution in [0, 0.1) is 19.4 Å². The van der Waals surface area contributed by atoms with Gasteiger partial charge in [-0.3, -0.25) is 0 Å². The van der Waals surface area contributed by atoms with Gasteiger partial charge in [0.1, 0.15) is 5.76 Å². The summed E-state index contributed by atoms with van der Waals surface area (Å²) in [5, 5.41) is 9.47. The maximum atomic E-state index is 6.00. The third-order valence-corrected chi connectivity index (χ3v) is 2.43. The monoisotopic (exact) mass is 290 g/mol. The molecule has 8 heteroatoms. The molecule has 0 atom stereocenters. The van der Waals surface area contributed by atoms with Crippen molar-refractivity contribution in [2.75, 3.05) is 6.61 Å². The number of pyridine rings is 1. The quantitative estimate of drug-likeness (QED) is 0.294. The van der Waals surface area contributed by atoms with Crippen molar-refractivity contribution in [2.24, 2.45) is 16.1 Å². The topological polar surface area (TPSA) is 123 Å². The maximum absolute atomic E-state index is 6.00. The van der Waals surface area contributed by atoms with Gasteiger partial charge < -0.3 is 15.1 Å². The number of hydrazone groups is 1. The van der Waals surface area contributed by atoms with Gasteiger partial charge in [-0.15, -0.1) is 5.11 Å². The van der Waals surface area contributed by atoms with Crippen molar-refractivity contribution in [3.63, 3.8) is 0 Å². The van der Waals surface area contributed by atoms with E-state index in [-0.39, 0.29) is 0 Å². The summed E-state index contributed by atoms with van der Waals surface area (Å²) in [6.45, 7) is 6.33. The highest BCUT2D eigenvalue weighted by atomic mass is 16.5. The Labute approximate surface area is 122 Å². The molecule has 0 saturated heterocycles. The molecule has 0 aliphatic carbocycles. The summed E-state index contributed by atoms with van der Waals surface area (Å²) in [6, 6.07) is 5.68. The zero-order valence-electron chi connectivity index (χ0n) is 12.2. The Bertz CT molecular complexity index is 589. The maximum Gasteiger partial charge on any atom is 0.213 e. The zero-order valence-corrected chi connectivity index (χ0v) is 12.2. The number of hydrogen-bond acceptors (Lipinski definition) is 7. The van der Waals surface area contributed by atoms with Crippen molar-refractivity contribution in [1.29, 1.82) is 5.53 Å². The summed E-state index contributed by atoms with van der Waals surface area (Å²) in [6.07, 6.45) is 0.944. The molecule has 21 heavy (non-hydrogen) atoms. The lowest BCUT2D eigenvalue weighted by Crippen LogP contribution is -1.95. The van der Waals surface area contributed by atoms with Gasteiger partial charge in [0.15, 0.2) is 6.34 Å². The number of hydrogen-bond donors (Lipinski definition) is 2. The molecule has 3 N–H and O–H groups in total. The van der Waals surface area contributed by atoms with Crippen LogP contribution in [0.1, 0.15) is 18.4 Å². The first kappa shape index (κ1) is 16.3. The normalized spacial score (nSPS) is 10.0. The standard InChI is InChI=1S/C12H14N2O2.CH4N4/c1-4-15-11-7-5-6-10(13-11)12-8(2)14-16-9(12)3;2-4-1-5-3/h5-7H,4H2,1-3H3;1-2H,3H2. The van der Waals surface area contributed by atoms with E-state index in [1.54, 1.807) is 0 Å². The number of nitrogens with zero attached hydrogens (tertiary/aromatic N) is 4. The minimum absolute atomic E-state index is 0.609. The Balaban J connectivity index is 0.000000383. The molecule has 0 spiro atoms. The fourth-order valence-corrected chi connectivity index (χ4v) is 1.66. The third kappa shape index (κ3) is 4.68. The fourth-order valence-electron chi connectivity index (χ4n) is 1.66. The van der Waals surface area contributed by atoms with Crippen molar-refractivity contribution in [3.8, 4) is 17.1 Å². The highest BCUT2D eigenvalue weighted by Gasteiger charge is 2.12. The van der Waals surface area contributed by atoms with Gasteiger partial charge in [-0.1, -0.05) is 11.2 Å². The molecule has 0 aliphatic heterocycles. The van der Waals surface area contributed by atoms with Gasteiger partial charge in [0, 0.05) is 6.07 Å². The zero-order chi connectivity index (χ0) is 15.7. The summed E-state index contributed by atoms with van der Waals surface area (Å²) in [4.78, 5) is 4.40. The van der Waals surface area contributed by atoms with Crippen LogP contribution in [0.2, 0.25) is 0 Å². The second-order valence-electron chi connectivity index (χ2n) is 3.89. The average molecular weight is 290 g/mol. The van der Waals surface area contributed by atoms with Crippen molar-refractivity contribution in [3.05, 3.63) is 29.7 Å². The number of nitrogens with one attached hydrogen (secondary N) is 1. The van der Waals surface area contributed by atoms with Crippen LogP contribution in [0.25, 0.3) is 11.3 Å². The van der Waals surface area contributed by atoms with Gasteiger partial charge in [0.05, 0.1) is 23.6 Å². The summed E-state index contributed by atoms with van der Waals surface area (Å²) < 4.78 is 10.5. The molecule has 0 saturated carbocycles. The molecule has 0 unspecified atom stereocenters. The molecule has 112 valence electrons. The molecule has 0 bridgehead atoms. The first-order chi connectivity index (χ1) is 10.1. The second kappa shape index (κ2) is 8.41. The largest absolute Gasteiger partial charge is 0.478 e. The van der Waals surface area contributed by atoms with E-state index in [1.807, 2.05) is 39.0 Å². The number of rotatable bonds is 4. The summed E-state index contributed by atoms with van der Waals surface area (Å²) in [7, 11) is 0. The predicted octanol–water partition coefficient (Wildman–Crippen LogP) is 2.67. The smallest absolute Gasteiger partial charge is 0.213 e. The Morgan fingerprint density at radius 1 is 1.43 bits per heavy atom. The molecule has 2 rings (SSSR count). The lowest BCUT2D eigenvalue weighted by atomic mass is 10.1. The van der Waals surface area contributed by atoms with E-state index in [1.165, 1.54) is 0 Å². The van der Waals surface area contributed by atoms with Crippen LogP contribution in [0.15, 0.2) is 32.9 Å². The second-order valence-corrected chi connectivity index (χ2v) is 3.89. The average Bonchev–Trinajstić information content (AvgIpc) is 2.80. The molecule has 0 aromatic carbocycles. The number of nitrogens with two attached hydrogens (primary N) is 1. The van der Waals surface area contributed by atoms with Crippen LogP contribution >= 0.6 is 0 Å². The van der Waals surface area contributed by atoms with E-state index in [9.17, 15) is 0 Å². The lowest BCUT2D eigenvalue weighted by Gasteiger charge is -2.04. The van der Waals surface area contributed by atoms with E-state index in [0.717, 1.165) is 29.1 Å². The molecular weight excluding hydrogens is 272 g/mol. The van der Waals surface area contributed by atoms with Gasteiger partial charge >= 0.3 is 0 Å². The molecule has 0 fully saturated rings. The van der Waals surface area contributed by atoms with Crippen LogP contribution < -0.4 is 10.6 Å². The minimum Gasteiger partial charge on any atom is -0.478 e. The summed E-state index contributed by atoms with van der Waals surface area (Å²) >= 11 is 0. The highest BCUT2D eigenvalue weighted by molar-refractivity contribution is 5.64. The summed E-state index contributed by atoms with van der Waals surface area (Å²) in [5.41, 5.74) is 8.63. The van der Waals surface area contributed by atoms with Crippen LogP contribution in [0.3, 0.4) is 0 Å². The molecule has 0 aliphatic rings. The Hall–Kier alpha value is -2.77. The molecule has 2 heterocycles. The van der Waals surface area contributed by atoms with Crippen molar-refractivity contribution < 1.29 is 9.26 Å². The van der Waals surface area contributed by atoms with Crippen molar-refractivity contribution in [2.45, 2.75) is 20.8 Å². The molecule has 2 aromatic heterocycles. The van der Waals surface area contributed by atoms with Crippen molar-refractivity contribution in [1.82, 2.24) is 10.1 Å². The van der Waals surface area contributed by atoms with E-state index in [2.05, 4.69) is 26.2 Å². The summed E-state index contributed by atoms with van der Waals surface area (Å²) in [5.74, 6) is 5.90. The van der Waals surface area contributed by atoms with Gasteiger partial charge in [0.2, 0.25) is 5.88 Å². The van der Waals surface area contributed by atoms with Gasteiger partial charge in [-0.2, -0.15) is 5.10 Å². The van der Waals surface area contributed by atoms with E-state index in [4.69, 9.17) is 14.8 Å². The molecule has 0 amide bonds. The highest BCUT2D eigenvalue weighted by Crippen LogP contribution is 2.26. The first-order valence-electron chi connectivity index (χ1n) is 6.25. The van der Waals surface area contributed by atoms with Crippen molar-refractivity contribution >= 4 is 6.34 Å². The van der Waals surface area contributed by atoms with Gasteiger partial charge in [-0.25, -0.2) is 10.5 Å². The van der Waals surface area contributed by atoms with E-state index >= 15 is 0 Å². The lowest BCUT2D eigenvalue weighted by molar-refractivity contribution is 0.327. The SMILES string of the molecule is CCOc1cccc(-c2c(C)noc2C)n1.N=NC=NN. The van der Waals surface area contributed by atoms with Crippen LogP contribution in [0.5, 0.6) is 5.88 Å². The molecule has 2 aromatic rings. The Morgan fingerprint density at radius 3 is 2.67 bits per heavy atom. The molecule has 8 nitrogen and oxygen atoms in total. The Morgan fingerprint density at radius 2 is 2.19 bits per heavy atom. The first-order valence-corrected chi connectivity index (χ1v) is 6.25. The van der Waals surface area contributed by atoms with E-state index < -0.39 is 0 Å². The molecule has 0 radical (unpaired) electrons. The fraction of sp³-hybridized carbons (Fsp3) is 0.308. The predicted molar refractivity (Wildman–Crippen MR) is 78.2 cm³/mol. The Kier molecular flexibility index (Phi) is 6.52. The third-order valence-electron chi connectivity index (χ3n) is 2.43. The minimum atomic E-state index is 0.609. The van der Waals surface area contributed by atoms with Crippen LogP contribution in [0.4, 0.5) is 0 Å². The number of aromatic nitrogens is 2. The number of aryl methyl sites for hydroxylation is 2. The van der Waals surface area contributed by atoms with Gasteiger partial charge in [-0.05, 0) is 26.8 Å². The van der Waals surface area contributed by atoms with Gasteiger partial charge in [0.25, 0.3) is 0 Å². The number of ether oxygens (including phenoxy) is 1. The molecular formula is C13H18N6O2.